The standard InChI is InChI=1S/C19H20O3/c1-4-12-21-16-10-7-11-17-18(16)13(2)19(22-17)14-8-5-6-9-15(14)20-3/h5-11H,4,12H2,1-3H3. The molecule has 0 amide bonds. The van der Waals surface area contributed by atoms with Gasteiger partial charge in [0.2, 0.25) is 0 Å². The van der Waals surface area contributed by atoms with Crippen molar-refractivity contribution in [2.45, 2.75) is 20.3 Å². The van der Waals surface area contributed by atoms with Crippen molar-refractivity contribution in [1.82, 2.24) is 0 Å². The maximum atomic E-state index is 6.09. The van der Waals surface area contributed by atoms with Gasteiger partial charge in [-0.25, -0.2) is 0 Å². The number of hydrogen-bond acceptors (Lipinski definition) is 3. The van der Waals surface area contributed by atoms with E-state index in [-0.39, 0.29) is 0 Å². The summed E-state index contributed by atoms with van der Waals surface area (Å²) in [5, 5.41) is 1.04. The van der Waals surface area contributed by atoms with Crippen molar-refractivity contribution in [3.05, 3.63) is 48.0 Å². The Balaban J connectivity index is 2.18. The van der Waals surface area contributed by atoms with Crippen molar-refractivity contribution in [2.75, 3.05) is 13.7 Å². The molecule has 3 nitrogen and oxygen atoms in total. The normalized spacial score (nSPS) is 10.9. The van der Waals surface area contributed by atoms with Crippen molar-refractivity contribution in [2.24, 2.45) is 0 Å². The van der Waals surface area contributed by atoms with Crippen molar-refractivity contribution in [1.29, 1.82) is 0 Å². The van der Waals surface area contributed by atoms with Crippen molar-refractivity contribution < 1.29 is 13.9 Å². The highest BCUT2D eigenvalue weighted by molar-refractivity contribution is 5.93. The van der Waals surface area contributed by atoms with Gasteiger partial charge < -0.3 is 13.9 Å². The molecule has 0 spiro atoms. The van der Waals surface area contributed by atoms with Gasteiger partial charge in [0.15, 0.2) is 0 Å². The van der Waals surface area contributed by atoms with E-state index in [2.05, 4.69) is 13.8 Å². The van der Waals surface area contributed by atoms with Crippen LogP contribution in [-0.4, -0.2) is 13.7 Å². The first-order valence-corrected chi connectivity index (χ1v) is 7.54. The first-order chi connectivity index (χ1) is 10.8. The minimum Gasteiger partial charge on any atom is -0.496 e. The molecule has 0 aliphatic carbocycles. The average molecular weight is 296 g/mol. The summed E-state index contributed by atoms with van der Waals surface area (Å²) in [6.45, 7) is 4.86. The van der Waals surface area contributed by atoms with E-state index in [1.54, 1.807) is 7.11 Å². The van der Waals surface area contributed by atoms with E-state index in [1.807, 2.05) is 42.5 Å². The minimum atomic E-state index is 0.702. The number of ether oxygens (including phenoxy) is 2. The lowest BCUT2D eigenvalue weighted by molar-refractivity contribution is 0.321. The summed E-state index contributed by atoms with van der Waals surface area (Å²) >= 11 is 0. The number of aryl methyl sites for hydroxylation is 1. The van der Waals surface area contributed by atoms with Crippen LogP contribution in [0, 0.1) is 6.92 Å². The van der Waals surface area contributed by atoms with Gasteiger partial charge in [0, 0.05) is 5.56 Å². The molecule has 0 fully saturated rings. The molecular weight excluding hydrogens is 276 g/mol. The third kappa shape index (κ3) is 2.43. The number of furan rings is 1. The van der Waals surface area contributed by atoms with Gasteiger partial charge in [0.05, 0.1) is 24.7 Å². The Morgan fingerprint density at radius 3 is 2.55 bits per heavy atom. The zero-order chi connectivity index (χ0) is 15.5. The second-order valence-electron chi connectivity index (χ2n) is 5.23. The van der Waals surface area contributed by atoms with E-state index < -0.39 is 0 Å². The first-order valence-electron chi connectivity index (χ1n) is 7.54. The van der Waals surface area contributed by atoms with Gasteiger partial charge in [-0.05, 0) is 37.6 Å². The molecule has 3 heteroatoms. The van der Waals surface area contributed by atoms with Gasteiger partial charge in [-0.3, -0.25) is 0 Å². The fourth-order valence-electron chi connectivity index (χ4n) is 2.69. The van der Waals surface area contributed by atoms with Crippen LogP contribution in [0.25, 0.3) is 22.3 Å². The lowest BCUT2D eigenvalue weighted by Crippen LogP contribution is -1.95. The molecule has 3 aromatic rings. The molecule has 1 heterocycles. The highest BCUT2D eigenvalue weighted by Gasteiger charge is 2.18. The van der Waals surface area contributed by atoms with E-state index >= 15 is 0 Å². The van der Waals surface area contributed by atoms with Gasteiger partial charge in [-0.15, -0.1) is 0 Å². The van der Waals surface area contributed by atoms with E-state index in [0.717, 1.165) is 45.8 Å². The van der Waals surface area contributed by atoms with Gasteiger partial charge >= 0.3 is 0 Å². The highest BCUT2D eigenvalue weighted by atomic mass is 16.5. The van der Waals surface area contributed by atoms with E-state index in [1.165, 1.54) is 0 Å². The zero-order valence-corrected chi connectivity index (χ0v) is 13.2. The monoisotopic (exact) mass is 296 g/mol. The van der Waals surface area contributed by atoms with Crippen LogP contribution in [0.3, 0.4) is 0 Å². The van der Waals surface area contributed by atoms with Crippen molar-refractivity contribution in [3.8, 4) is 22.8 Å². The van der Waals surface area contributed by atoms with Crippen LogP contribution in [-0.2, 0) is 0 Å². The quantitative estimate of drug-likeness (QED) is 0.648. The van der Waals surface area contributed by atoms with Crippen LogP contribution < -0.4 is 9.47 Å². The third-order valence-corrected chi connectivity index (χ3v) is 3.73. The Morgan fingerprint density at radius 1 is 1.00 bits per heavy atom. The summed E-state index contributed by atoms with van der Waals surface area (Å²) in [5.74, 6) is 2.52. The number of fused-ring (bicyclic) bond motifs is 1. The maximum Gasteiger partial charge on any atom is 0.142 e. The summed E-state index contributed by atoms with van der Waals surface area (Å²) in [4.78, 5) is 0. The molecule has 0 saturated heterocycles. The fourth-order valence-corrected chi connectivity index (χ4v) is 2.69. The molecular formula is C19H20O3. The van der Waals surface area contributed by atoms with Gasteiger partial charge in [-0.2, -0.15) is 0 Å². The Kier molecular flexibility index (Phi) is 4.05. The number of hydrogen-bond donors (Lipinski definition) is 0. The predicted molar refractivity (Wildman–Crippen MR) is 88.7 cm³/mol. The van der Waals surface area contributed by atoms with E-state index in [9.17, 15) is 0 Å². The molecule has 0 saturated carbocycles. The molecule has 0 radical (unpaired) electrons. The summed E-state index contributed by atoms with van der Waals surface area (Å²) in [6, 6.07) is 13.8. The van der Waals surface area contributed by atoms with Crippen LogP contribution in [0.4, 0.5) is 0 Å². The minimum absolute atomic E-state index is 0.702. The summed E-state index contributed by atoms with van der Waals surface area (Å²) in [6.07, 6.45) is 0.979. The van der Waals surface area contributed by atoms with Crippen molar-refractivity contribution in [3.63, 3.8) is 0 Å². The Labute approximate surface area is 130 Å². The zero-order valence-electron chi connectivity index (χ0n) is 13.2. The van der Waals surface area contributed by atoms with Crippen LogP contribution in [0.15, 0.2) is 46.9 Å². The number of rotatable bonds is 5. The van der Waals surface area contributed by atoms with Gasteiger partial charge in [0.1, 0.15) is 22.8 Å². The molecule has 22 heavy (non-hydrogen) atoms. The third-order valence-electron chi connectivity index (χ3n) is 3.73. The first kappa shape index (κ1) is 14.5. The lowest BCUT2D eigenvalue weighted by Gasteiger charge is -2.07. The Morgan fingerprint density at radius 2 is 1.77 bits per heavy atom. The molecule has 0 unspecified atom stereocenters. The Bertz CT molecular complexity index is 786. The van der Waals surface area contributed by atoms with E-state index in [4.69, 9.17) is 13.9 Å². The van der Waals surface area contributed by atoms with Crippen LogP contribution >= 0.6 is 0 Å². The topological polar surface area (TPSA) is 31.6 Å². The Hall–Kier alpha value is -2.42. The largest absolute Gasteiger partial charge is 0.496 e. The fraction of sp³-hybridized carbons (Fsp3) is 0.263. The molecule has 0 aliphatic heterocycles. The lowest BCUT2D eigenvalue weighted by atomic mass is 10.1. The molecule has 2 aromatic carbocycles. The summed E-state index contributed by atoms with van der Waals surface area (Å²) in [7, 11) is 1.67. The molecule has 0 atom stereocenters. The predicted octanol–water partition coefficient (Wildman–Crippen LogP) is 5.21. The molecule has 0 bridgehead atoms. The number of para-hydroxylation sites is 1. The second kappa shape index (κ2) is 6.14. The number of methoxy groups -OCH3 is 1. The average Bonchev–Trinajstić information content (AvgIpc) is 2.90. The molecule has 3 rings (SSSR count). The van der Waals surface area contributed by atoms with Crippen molar-refractivity contribution >= 4 is 11.0 Å². The van der Waals surface area contributed by atoms with Crippen LogP contribution in [0.5, 0.6) is 11.5 Å². The van der Waals surface area contributed by atoms with Gasteiger partial charge in [0.25, 0.3) is 0 Å². The molecule has 1 aromatic heterocycles. The maximum absolute atomic E-state index is 6.09. The number of benzene rings is 2. The molecule has 114 valence electrons. The smallest absolute Gasteiger partial charge is 0.142 e. The van der Waals surface area contributed by atoms with Crippen LogP contribution in [0.2, 0.25) is 0 Å². The van der Waals surface area contributed by atoms with E-state index in [0.29, 0.717) is 6.61 Å². The molecule has 0 N–H and O–H groups in total. The SMILES string of the molecule is CCCOc1cccc2oc(-c3ccccc3OC)c(C)c12. The highest BCUT2D eigenvalue weighted by Crippen LogP contribution is 2.40. The second-order valence-corrected chi connectivity index (χ2v) is 5.23. The van der Waals surface area contributed by atoms with Gasteiger partial charge in [-0.1, -0.05) is 25.1 Å². The summed E-state index contributed by atoms with van der Waals surface area (Å²) in [5.41, 5.74) is 2.87. The van der Waals surface area contributed by atoms with Crippen LogP contribution in [0.1, 0.15) is 18.9 Å². The summed E-state index contributed by atoms with van der Waals surface area (Å²) < 4.78 is 17.4. The molecule has 0 aliphatic rings.